The minimum Gasteiger partial charge on any atom is -0.493 e. The van der Waals surface area contributed by atoms with Crippen LogP contribution in [0.2, 0.25) is 0 Å². The van der Waals surface area contributed by atoms with E-state index in [-0.39, 0.29) is 11.8 Å². The molecule has 0 fully saturated rings. The van der Waals surface area contributed by atoms with Crippen LogP contribution in [0.5, 0.6) is 11.5 Å². The van der Waals surface area contributed by atoms with Gasteiger partial charge in [-0.1, -0.05) is 42.5 Å². The number of fused-ring (bicyclic) bond motifs is 4. The summed E-state index contributed by atoms with van der Waals surface area (Å²) in [6.45, 7) is 0. The molecule has 2 aliphatic rings. The Hall–Kier alpha value is -3.27. The van der Waals surface area contributed by atoms with Crippen LogP contribution in [0.15, 0.2) is 60.2 Å². The summed E-state index contributed by atoms with van der Waals surface area (Å²) in [4.78, 5) is 13.1. The Balaban J connectivity index is 1.78. The van der Waals surface area contributed by atoms with Gasteiger partial charge in [0.1, 0.15) is 0 Å². The third-order valence-electron chi connectivity index (χ3n) is 6.02. The number of ether oxygens (including phenoxy) is 2. The number of allylic oxidation sites excluding steroid dienone is 1. The summed E-state index contributed by atoms with van der Waals surface area (Å²) in [5.41, 5.74) is 5.19. The van der Waals surface area contributed by atoms with Crippen molar-refractivity contribution in [2.45, 2.75) is 25.3 Å². The number of hydrogen-bond acceptors (Lipinski definition) is 4. The van der Waals surface area contributed by atoms with Crippen molar-refractivity contribution in [2.24, 2.45) is 0 Å². The fourth-order valence-corrected chi connectivity index (χ4v) is 4.78. The van der Waals surface area contributed by atoms with Crippen LogP contribution in [0, 0.1) is 0 Å². The van der Waals surface area contributed by atoms with Gasteiger partial charge in [-0.25, -0.2) is 0 Å². The highest BCUT2D eigenvalue weighted by Gasteiger charge is 2.36. The van der Waals surface area contributed by atoms with Crippen molar-refractivity contribution in [2.75, 3.05) is 19.5 Å². The Kier molecular flexibility index (Phi) is 4.27. The molecule has 29 heavy (non-hydrogen) atoms. The van der Waals surface area contributed by atoms with Crippen LogP contribution >= 0.6 is 0 Å². The zero-order valence-electron chi connectivity index (χ0n) is 16.6. The van der Waals surface area contributed by atoms with Crippen molar-refractivity contribution in [3.63, 3.8) is 0 Å². The zero-order valence-corrected chi connectivity index (χ0v) is 16.6. The highest BCUT2D eigenvalue weighted by molar-refractivity contribution is 6.12. The molecule has 3 aromatic carbocycles. The number of nitrogens with one attached hydrogen (secondary N) is 1. The Morgan fingerprint density at radius 1 is 0.931 bits per heavy atom. The maximum atomic E-state index is 13.1. The second-order valence-corrected chi connectivity index (χ2v) is 7.54. The normalized spacial score (nSPS) is 18.1. The van der Waals surface area contributed by atoms with Crippen molar-refractivity contribution in [1.29, 1.82) is 0 Å². The van der Waals surface area contributed by atoms with Crippen molar-refractivity contribution in [3.05, 3.63) is 71.3 Å². The predicted octanol–water partition coefficient (Wildman–Crippen LogP) is 5.53. The lowest BCUT2D eigenvalue weighted by Gasteiger charge is -2.35. The lowest BCUT2D eigenvalue weighted by Crippen LogP contribution is -2.27. The van der Waals surface area contributed by atoms with Crippen LogP contribution in [0.1, 0.15) is 36.4 Å². The van der Waals surface area contributed by atoms with E-state index in [0.717, 1.165) is 29.7 Å². The molecule has 0 spiro atoms. The number of hydrogen-bond donors (Lipinski definition) is 1. The number of ketones is 1. The average Bonchev–Trinajstić information content (AvgIpc) is 2.77. The van der Waals surface area contributed by atoms with E-state index in [2.05, 4.69) is 41.7 Å². The fourth-order valence-electron chi connectivity index (χ4n) is 4.78. The Morgan fingerprint density at radius 2 is 1.79 bits per heavy atom. The molecule has 5 rings (SSSR count). The molecule has 1 N–H and O–H groups in total. The summed E-state index contributed by atoms with van der Waals surface area (Å²) < 4.78 is 11.2. The van der Waals surface area contributed by atoms with Gasteiger partial charge in [-0.15, -0.1) is 0 Å². The van der Waals surface area contributed by atoms with Crippen LogP contribution in [0.3, 0.4) is 0 Å². The van der Waals surface area contributed by atoms with Gasteiger partial charge in [0.15, 0.2) is 17.3 Å². The van der Waals surface area contributed by atoms with Crippen LogP contribution in [0.25, 0.3) is 16.3 Å². The highest BCUT2D eigenvalue weighted by Crippen LogP contribution is 2.50. The van der Waals surface area contributed by atoms with E-state index in [1.165, 1.54) is 21.9 Å². The van der Waals surface area contributed by atoms with Gasteiger partial charge in [-0.2, -0.15) is 0 Å². The van der Waals surface area contributed by atoms with Crippen molar-refractivity contribution < 1.29 is 14.3 Å². The second-order valence-electron chi connectivity index (χ2n) is 7.54. The van der Waals surface area contributed by atoms with Gasteiger partial charge in [0.2, 0.25) is 0 Å². The maximum absolute atomic E-state index is 13.1. The summed E-state index contributed by atoms with van der Waals surface area (Å²) in [5, 5.41) is 6.03. The standard InChI is InChI=1S/C25H23NO3/c1-28-21-12-6-10-18(25(21)29-2)24-23-17(9-5-11-20(23)27)22-16-8-4-3-7-15(16)13-14-19(22)26-24/h3-4,6-8,10,12-14,24,26H,5,9,11H2,1-2H3/t24-/m0/s1. The highest BCUT2D eigenvalue weighted by atomic mass is 16.5. The van der Waals surface area contributed by atoms with Crippen molar-refractivity contribution >= 4 is 27.8 Å². The third-order valence-corrected chi connectivity index (χ3v) is 6.02. The van der Waals surface area contributed by atoms with E-state index in [4.69, 9.17) is 9.47 Å². The van der Waals surface area contributed by atoms with Gasteiger partial charge in [0.05, 0.1) is 20.3 Å². The molecule has 1 atom stereocenters. The lowest BCUT2D eigenvalue weighted by atomic mass is 9.76. The summed E-state index contributed by atoms with van der Waals surface area (Å²) >= 11 is 0. The average molecular weight is 385 g/mol. The lowest BCUT2D eigenvalue weighted by molar-refractivity contribution is -0.116. The third kappa shape index (κ3) is 2.70. The summed E-state index contributed by atoms with van der Waals surface area (Å²) in [6.07, 6.45) is 2.39. The number of methoxy groups -OCH3 is 2. The van der Waals surface area contributed by atoms with Crippen LogP contribution in [-0.4, -0.2) is 20.0 Å². The fraction of sp³-hybridized carbons (Fsp3) is 0.240. The van der Waals surface area contributed by atoms with Crippen molar-refractivity contribution in [1.82, 2.24) is 0 Å². The van der Waals surface area contributed by atoms with Gasteiger partial charge in [-0.3, -0.25) is 4.79 Å². The Morgan fingerprint density at radius 3 is 2.62 bits per heavy atom. The Bertz CT molecular complexity index is 1160. The molecule has 4 heteroatoms. The molecule has 1 aliphatic carbocycles. The largest absolute Gasteiger partial charge is 0.493 e. The van der Waals surface area contributed by atoms with Crippen LogP contribution in [0.4, 0.5) is 5.69 Å². The summed E-state index contributed by atoms with van der Waals surface area (Å²) in [7, 11) is 3.28. The monoisotopic (exact) mass is 385 g/mol. The molecule has 4 nitrogen and oxygen atoms in total. The van der Waals surface area contributed by atoms with E-state index in [1.807, 2.05) is 18.2 Å². The minimum atomic E-state index is -0.253. The molecule has 1 heterocycles. The van der Waals surface area contributed by atoms with Gasteiger partial charge in [0.25, 0.3) is 0 Å². The van der Waals surface area contributed by atoms with E-state index in [0.29, 0.717) is 17.9 Å². The molecular formula is C25H23NO3. The zero-order chi connectivity index (χ0) is 20.0. The molecular weight excluding hydrogens is 362 g/mol. The first-order valence-electron chi connectivity index (χ1n) is 9.98. The molecule has 0 saturated heterocycles. The number of rotatable bonds is 3. The molecule has 0 aromatic heterocycles. The minimum absolute atomic E-state index is 0.215. The number of para-hydroxylation sites is 1. The van der Waals surface area contributed by atoms with E-state index >= 15 is 0 Å². The molecule has 146 valence electrons. The summed E-state index contributed by atoms with van der Waals surface area (Å²) in [5.74, 6) is 1.55. The smallest absolute Gasteiger partial charge is 0.166 e. The number of carbonyl (C=O) groups is 1. The SMILES string of the molecule is COc1cccc([C@@H]2Nc3ccc4ccccc4c3C3=C2C(=O)CCC3)c1OC. The van der Waals surface area contributed by atoms with Crippen molar-refractivity contribution in [3.8, 4) is 11.5 Å². The van der Waals surface area contributed by atoms with Crippen LogP contribution in [-0.2, 0) is 4.79 Å². The van der Waals surface area contributed by atoms with Gasteiger partial charge >= 0.3 is 0 Å². The number of Topliss-reactive ketones (excluding diaryl/α,β-unsaturated/α-hetero) is 1. The van der Waals surface area contributed by atoms with E-state index < -0.39 is 0 Å². The first-order chi connectivity index (χ1) is 14.2. The van der Waals surface area contributed by atoms with Gasteiger partial charge in [0, 0.05) is 28.8 Å². The second kappa shape index (κ2) is 6.96. The first-order valence-corrected chi connectivity index (χ1v) is 9.98. The number of carbonyl (C=O) groups excluding carboxylic acids is 1. The maximum Gasteiger partial charge on any atom is 0.166 e. The topological polar surface area (TPSA) is 47.6 Å². The summed E-state index contributed by atoms with van der Waals surface area (Å²) in [6, 6.07) is 18.2. The van der Waals surface area contributed by atoms with Crippen LogP contribution < -0.4 is 14.8 Å². The molecule has 0 amide bonds. The predicted molar refractivity (Wildman–Crippen MR) is 116 cm³/mol. The molecule has 0 saturated carbocycles. The number of benzene rings is 3. The quantitative estimate of drug-likeness (QED) is 0.644. The Labute approximate surface area is 170 Å². The number of anilines is 1. The molecule has 3 aromatic rings. The van der Waals surface area contributed by atoms with Gasteiger partial charge in [-0.05, 0) is 41.3 Å². The first kappa shape index (κ1) is 17.8. The molecule has 0 bridgehead atoms. The van der Waals surface area contributed by atoms with E-state index in [9.17, 15) is 4.79 Å². The van der Waals surface area contributed by atoms with Gasteiger partial charge < -0.3 is 14.8 Å². The van der Waals surface area contributed by atoms with E-state index in [1.54, 1.807) is 14.2 Å². The molecule has 1 aliphatic heterocycles. The molecule has 0 radical (unpaired) electrons. The molecule has 0 unspecified atom stereocenters.